The number of rotatable bonds is 7. The molecule has 0 fully saturated rings. The Labute approximate surface area is 122 Å². The summed E-state index contributed by atoms with van der Waals surface area (Å²) in [6.45, 7) is 3.73. The lowest BCUT2D eigenvalue weighted by Crippen LogP contribution is -2.19. The summed E-state index contributed by atoms with van der Waals surface area (Å²) in [6.07, 6.45) is 0.421. The van der Waals surface area contributed by atoms with Crippen LogP contribution >= 0.6 is 0 Å². The van der Waals surface area contributed by atoms with Crippen molar-refractivity contribution in [2.24, 2.45) is 5.92 Å². The smallest absolute Gasteiger partial charge is 0.338 e. The zero-order valence-corrected chi connectivity index (χ0v) is 12.4. The quantitative estimate of drug-likeness (QED) is 0.585. The number of sulfonamides is 1. The number of nitro benzene ring substituents is 1. The molecule has 1 aromatic rings. The van der Waals surface area contributed by atoms with Gasteiger partial charge in [0, 0.05) is 12.1 Å². The second-order valence-corrected chi connectivity index (χ2v) is 6.74. The van der Waals surface area contributed by atoms with Crippen molar-refractivity contribution in [3.05, 3.63) is 33.9 Å². The van der Waals surface area contributed by atoms with Gasteiger partial charge in [0.15, 0.2) is 0 Å². The van der Waals surface area contributed by atoms with Crippen LogP contribution in [0, 0.1) is 16.0 Å². The van der Waals surface area contributed by atoms with Crippen LogP contribution in [0.2, 0.25) is 0 Å². The van der Waals surface area contributed by atoms with E-state index in [1.807, 2.05) is 13.8 Å². The molecule has 0 atom stereocenters. The van der Waals surface area contributed by atoms with Crippen molar-refractivity contribution in [1.29, 1.82) is 0 Å². The van der Waals surface area contributed by atoms with Gasteiger partial charge in [0.2, 0.25) is 10.0 Å². The zero-order chi connectivity index (χ0) is 16.2. The molecule has 0 aliphatic heterocycles. The topological polar surface area (TPSA) is 127 Å². The molecule has 0 aliphatic carbocycles. The van der Waals surface area contributed by atoms with Gasteiger partial charge < -0.3 is 5.11 Å². The highest BCUT2D eigenvalue weighted by Crippen LogP contribution is 2.23. The number of hydrogen-bond donors (Lipinski definition) is 2. The van der Waals surface area contributed by atoms with Gasteiger partial charge in [0.25, 0.3) is 5.69 Å². The molecule has 8 nitrogen and oxygen atoms in total. The summed E-state index contributed by atoms with van der Waals surface area (Å²) in [4.78, 5) is 21.0. The van der Waals surface area contributed by atoms with E-state index in [1.54, 1.807) is 0 Å². The average molecular weight is 316 g/mol. The Balaban J connectivity index is 3.08. The van der Waals surface area contributed by atoms with Crippen molar-refractivity contribution in [3.8, 4) is 0 Å². The second-order valence-electron chi connectivity index (χ2n) is 4.90. The van der Waals surface area contributed by atoms with Crippen molar-refractivity contribution < 1.29 is 23.2 Å². The maximum absolute atomic E-state index is 11.9. The SMILES string of the molecule is CC(C)CCS(=O)(=O)Nc1ccc([N+](=O)[O-])cc1C(=O)O. The molecule has 116 valence electrons. The number of nitrogens with zero attached hydrogens (tertiary/aromatic N) is 1. The largest absolute Gasteiger partial charge is 0.478 e. The molecule has 0 radical (unpaired) electrons. The Bertz CT molecular complexity index is 654. The minimum absolute atomic E-state index is 0.152. The monoisotopic (exact) mass is 316 g/mol. The number of carbonyl (C=O) groups is 1. The van der Waals surface area contributed by atoms with Gasteiger partial charge in [0.05, 0.1) is 21.9 Å². The Kier molecular flexibility index (Phi) is 5.25. The highest BCUT2D eigenvalue weighted by molar-refractivity contribution is 7.92. The maximum Gasteiger partial charge on any atom is 0.338 e. The van der Waals surface area contributed by atoms with Gasteiger partial charge in [-0.15, -0.1) is 0 Å². The first-order valence-electron chi connectivity index (χ1n) is 6.14. The molecule has 1 aromatic carbocycles. The van der Waals surface area contributed by atoms with Crippen molar-refractivity contribution in [3.63, 3.8) is 0 Å². The molecule has 0 amide bonds. The van der Waals surface area contributed by atoms with Gasteiger partial charge in [-0.25, -0.2) is 13.2 Å². The van der Waals surface area contributed by atoms with Crippen molar-refractivity contribution in [2.45, 2.75) is 20.3 Å². The number of carboxylic acid groups (broad SMARTS) is 1. The minimum atomic E-state index is -3.70. The zero-order valence-electron chi connectivity index (χ0n) is 11.6. The van der Waals surface area contributed by atoms with Crippen LogP contribution in [0.1, 0.15) is 30.6 Å². The van der Waals surface area contributed by atoms with Gasteiger partial charge >= 0.3 is 5.97 Å². The lowest BCUT2D eigenvalue weighted by molar-refractivity contribution is -0.384. The summed E-state index contributed by atoms with van der Waals surface area (Å²) in [5.41, 5.74) is -1.06. The molecule has 0 heterocycles. The highest BCUT2D eigenvalue weighted by atomic mass is 32.2. The maximum atomic E-state index is 11.9. The highest BCUT2D eigenvalue weighted by Gasteiger charge is 2.20. The number of carboxylic acids is 1. The van der Waals surface area contributed by atoms with E-state index >= 15 is 0 Å². The molecule has 0 saturated heterocycles. The van der Waals surface area contributed by atoms with Crippen LogP contribution in [0.3, 0.4) is 0 Å². The lowest BCUT2D eigenvalue weighted by atomic mass is 10.1. The van der Waals surface area contributed by atoms with E-state index in [0.29, 0.717) is 6.42 Å². The third-order valence-electron chi connectivity index (χ3n) is 2.67. The van der Waals surface area contributed by atoms with Crippen molar-refractivity contribution in [1.82, 2.24) is 0 Å². The summed E-state index contributed by atoms with van der Waals surface area (Å²) < 4.78 is 25.9. The molecule has 2 N–H and O–H groups in total. The van der Waals surface area contributed by atoms with E-state index in [-0.39, 0.29) is 17.4 Å². The number of nitrogens with one attached hydrogen (secondary N) is 1. The molecule has 0 unspecified atom stereocenters. The van der Waals surface area contributed by atoms with Gasteiger partial charge in [0.1, 0.15) is 0 Å². The lowest BCUT2D eigenvalue weighted by Gasteiger charge is -2.11. The average Bonchev–Trinajstić information content (AvgIpc) is 2.36. The summed E-state index contributed by atoms with van der Waals surface area (Å²) in [7, 11) is -3.70. The molecule has 21 heavy (non-hydrogen) atoms. The third kappa shape index (κ3) is 5.03. The third-order valence-corrected chi connectivity index (χ3v) is 3.98. The fraction of sp³-hybridized carbons (Fsp3) is 0.417. The Morgan fingerprint density at radius 1 is 1.43 bits per heavy atom. The van der Waals surface area contributed by atoms with Gasteiger partial charge in [-0.1, -0.05) is 13.8 Å². The molecule has 0 aliphatic rings. The van der Waals surface area contributed by atoms with E-state index in [1.165, 1.54) is 0 Å². The summed E-state index contributed by atoms with van der Waals surface area (Å²) >= 11 is 0. The van der Waals surface area contributed by atoms with E-state index in [9.17, 15) is 23.3 Å². The van der Waals surface area contributed by atoms with Crippen molar-refractivity contribution in [2.75, 3.05) is 10.5 Å². The number of hydrogen-bond acceptors (Lipinski definition) is 5. The number of anilines is 1. The van der Waals surface area contributed by atoms with Gasteiger partial charge in [-0.3, -0.25) is 14.8 Å². The number of benzene rings is 1. The first kappa shape index (κ1) is 16.9. The Hall–Kier alpha value is -2.16. The van der Waals surface area contributed by atoms with Crippen LogP contribution in [-0.4, -0.2) is 30.2 Å². The molecule has 1 rings (SSSR count). The Morgan fingerprint density at radius 3 is 2.52 bits per heavy atom. The first-order chi connectivity index (χ1) is 9.62. The summed E-state index contributed by atoms with van der Waals surface area (Å²) in [5.74, 6) is -1.42. The van der Waals surface area contributed by atoms with Crippen LogP contribution in [0.15, 0.2) is 18.2 Å². The molecular formula is C12H16N2O6S. The van der Waals surface area contributed by atoms with Crippen LogP contribution in [0.25, 0.3) is 0 Å². The van der Waals surface area contributed by atoms with Gasteiger partial charge in [-0.2, -0.15) is 0 Å². The standard InChI is InChI=1S/C12H16N2O6S/c1-8(2)5-6-21(19,20)13-11-4-3-9(14(17)18)7-10(11)12(15)16/h3-4,7-8,13H,5-6H2,1-2H3,(H,15,16). The Morgan fingerprint density at radius 2 is 2.05 bits per heavy atom. The minimum Gasteiger partial charge on any atom is -0.478 e. The second kappa shape index (κ2) is 6.53. The van der Waals surface area contributed by atoms with Crippen LogP contribution < -0.4 is 4.72 Å². The van der Waals surface area contributed by atoms with Gasteiger partial charge in [-0.05, 0) is 18.4 Å². The number of nitro groups is 1. The first-order valence-corrected chi connectivity index (χ1v) is 7.80. The van der Waals surface area contributed by atoms with E-state index in [4.69, 9.17) is 5.11 Å². The fourth-order valence-electron chi connectivity index (χ4n) is 1.52. The molecule has 0 spiro atoms. The van der Waals surface area contributed by atoms with Crippen LogP contribution in [0.5, 0.6) is 0 Å². The molecule has 0 bridgehead atoms. The van der Waals surface area contributed by atoms with E-state index < -0.39 is 32.2 Å². The molecule has 0 aromatic heterocycles. The number of non-ortho nitro benzene ring substituents is 1. The van der Waals surface area contributed by atoms with Crippen LogP contribution in [0.4, 0.5) is 11.4 Å². The van der Waals surface area contributed by atoms with E-state index in [0.717, 1.165) is 18.2 Å². The van der Waals surface area contributed by atoms with E-state index in [2.05, 4.69) is 4.72 Å². The summed E-state index contributed by atoms with van der Waals surface area (Å²) in [6, 6.07) is 2.95. The number of aromatic carboxylic acids is 1. The fourth-order valence-corrected chi connectivity index (χ4v) is 2.92. The predicted molar refractivity (Wildman–Crippen MR) is 76.9 cm³/mol. The molecule has 9 heteroatoms. The predicted octanol–water partition coefficient (Wildman–Crippen LogP) is 2.08. The van der Waals surface area contributed by atoms with Crippen molar-refractivity contribution >= 4 is 27.4 Å². The summed E-state index contributed by atoms with van der Waals surface area (Å²) in [5, 5.41) is 19.7. The van der Waals surface area contributed by atoms with Crippen LogP contribution in [-0.2, 0) is 10.0 Å². The normalized spacial score (nSPS) is 11.4. The molecule has 0 saturated carbocycles. The molecular weight excluding hydrogens is 300 g/mol.